The second kappa shape index (κ2) is 8.37. The molecule has 1 unspecified atom stereocenters. The van der Waals surface area contributed by atoms with Crippen molar-refractivity contribution in [2.75, 3.05) is 19.6 Å². The van der Waals surface area contributed by atoms with Gasteiger partial charge in [-0.25, -0.2) is 0 Å². The minimum atomic E-state index is -5.20. The predicted octanol–water partition coefficient (Wildman–Crippen LogP) is 3.05. The molecule has 2 aliphatic rings. The van der Waals surface area contributed by atoms with E-state index in [-0.39, 0.29) is 49.9 Å². The number of likely N-dealkylation sites (tertiary alicyclic amines) is 1. The summed E-state index contributed by atoms with van der Waals surface area (Å²) in [6.07, 6.45) is -4.51. The molecule has 9 heteroatoms. The lowest BCUT2D eigenvalue weighted by atomic mass is 9.62. The highest BCUT2D eigenvalue weighted by molar-refractivity contribution is 5.87. The number of alkyl halides is 3. The van der Waals surface area contributed by atoms with E-state index in [0.29, 0.717) is 12.1 Å². The predicted molar refractivity (Wildman–Crippen MR) is 113 cm³/mol. The Kier molecular flexibility index (Phi) is 5.86. The number of phenolic OH excluding ortho intramolecular Hbond substituents is 1. The first-order valence-electron chi connectivity index (χ1n) is 10.8. The van der Waals surface area contributed by atoms with Crippen molar-refractivity contribution in [3.63, 3.8) is 0 Å². The molecule has 2 aromatic rings. The van der Waals surface area contributed by atoms with E-state index in [1.165, 1.54) is 18.2 Å². The molecule has 33 heavy (non-hydrogen) atoms. The van der Waals surface area contributed by atoms with Gasteiger partial charge in [0, 0.05) is 37.5 Å². The molecule has 2 atom stereocenters. The van der Waals surface area contributed by atoms with E-state index in [1.54, 1.807) is 24.3 Å². The van der Waals surface area contributed by atoms with Gasteiger partial charge in [-0.1, -0.05) is 48.5 Å². The largest absolute Gasteiger partial charge is 0.508 e. The molecular weight excluding hydrogens is 437 g/mol. The van der Waals surface area contributed by atoms with Gasteiger partial charge in [-0.05, 0) is 29.9 Å². The van der Waals surface area contributed by atoms with Crippen LogP contribution in [-0.2, 0) is 15.2 Å². The van der Waals surface area contributed by atoms with Gasteiger partial charge in [0.05, 0.1) is 0 Å². The fourth-order valence-electron chi connectivity index (χ4n) is 5.16. The normalized spacial score (nSPS) is 22.5. The molecule has 0 radical (unpaired) electrons. The highest BCUT2D eigenvalue weighted by Crippen LogP contribution is 2.51. The summed E-state index contributed by atoms with van der Waals surface area (Å²) in [4.78, 5) is 26.3. The number of hydrogen-bond acceptors (Lipinski definition) is 4. The summed E-state index contributed by atoms with van der Waals surface area (Å²) in [5.41, 5.74) is -4.14. The third-order valence-electron chi connectivity index (χ3n) is 7.03. The molecule has 176 valence electrons. The quantitative estimate of drug-likeness (QED) is 0.654. The van der Waals surface area contributed by atoms with Crippen molar-refractivity contribution >= 4 is 11.8 Å². The fourth-order valence-corrected chi connectivity index (χ4v) is 5.16. The summed E-state index contributed by atoms with van der Waals surface area (Å²) in [7, 11) is 0. The molecule has 2 heterocycles. The van der Waals surface area contributed by atoms with Gasteiger partial charge >= 0.3 is 6.18 Å². The van der Waals surface area contributed by atoms with Crippen LogP contribution in [-0.4, -0.2) is 52.7 Å². The maximum absolute atomic E-state index is 13.9. The molecule has 6 nitrogen and oxygen atoms in total. The Morgan fingerprint density at radius 3 is 2.24 bits per heavy atom. The van der Waals surface area contributed by atoms with Gasteiger partial charge in [0.2, 0.25) is 5.91 Å². The van der Waals surface area contributed by atoms with Crippen LogP contribution in [0.3, 0.4) is 0 Å². The smallest absolute Gasteiger partial charge is 0.430 e. The van der Waals surface area contributed by atoms with Gasteiger partial charge in [0.15, 0.2) is 0 Å². The van der Waals surface area contributed by atoms with Gasteiger partial charge < -0.3 is 20.4 Å². The Hall–Kier alpha value is -3.07. The number of carbonyl (C=O) groups excluding carboxylic acids is 2. The Labute approximate surface area is 189 Å². The number of para-hydroxylation sites is 1. The summed E-state index contributed by atoms with van der Waals surface area (Å²) in [6.45, 7) is 0.212. The zero-order valence-corrected chi connectivity index (χ0v) is 17.8. The monoisotopic (exact) mass is 462 g/mol. The van der Waals surface area contributed by atoms with Crippen LogP contribution in [0.25, 0.3) is 0 Å². The van der Waals surface area contributed by atoms with E-state index in [1.807, 2.05) is 0 Å². The number of phenols is 1. The lowest BCUT2D eigenvalue weighted by Crippen LogP contribution is -2.59. The van der Waals surface area contributed by atoms with Crippen molar-refractivity contribution in [3.8, 4) is 5.75 Å². The van der Waals surface area contributed by atoms with E-state index in [4.69, 9.17) is 0 Å². The summed E-state index contributed by atoms with van der Waals surface area (Å²) >= 11 is 0. The molecule has 0 aliphatic carbocycles. The van der Waals surface area contributed by atoms with Crippen molar-refractivity contribution in [2.24, 2.45) is 5.41 Å². The number of amides is 2. The van der Waals surface area contributed by atoms with Crippen LogP contribution in [0.4, 0.5) is 13.2 Å². The standard InChI is InChI=1S/C24H25F3N2O4/c25-24(26,27)23(33,16-6-2-1-3-7-16)21(32)29-12-10-22(11-13-29)14-20(31)28-15-18(22)17-8-4-5-9-19(17)30/h1-9,18,30,33H,10-15H2,(H,28,31)/t18?,23-/m1/s1. The second-order valence-electron chi connectivity index (χ2n) is 8.82. The first-order chi connectivity index (χ1) is 15.6. The number of aliphatic hydroxyl groups is 1. The number of benzene rings is 2. The van der Waals surface area contributed by atoms with E-state index in [9.17, 15) is 33.0 Å². The van der Waals surface area contributed by atoms with E-state index in [0.717, 1.165) is 17.0 Å². The molecule has 0 bridgehead atoms. The highest BCUT2D eigenvalue weighted by Gasteiger charge is 2.62. The van der Waals surface area contributed by atoms with Crippen molar-refractivity contribution in [1.29, 1.82) is 0 Å². The lowest BCUT2D eigenvalue weighted by Gasteiger charge is -2.50. The first kappa shape index (κ1) is 23.1. The molecule has 2 amide bonds. The van der Waals surface area contributed by atoms with Gasteiger partial charge in [-0.3, -0.25) is 9.59 Å². The number of nitrogens with zero attached hydrogens (tertiary/aromatic N) is 1. The number of rotatable bonds is 3. The number of hydrogen-bond donors (Lipinski definition) is 3. The van der Waals surface area contributed by atoms with E-state index in [2.05, 4.69) is 5.32 Å². The Morgan fingerprint density at radius 1 is 1.03 bits per heavy atom. The minimum Gasteiger partial charge on any atom is -0.508 e. The number of carbonyl (C=O) groups is 2. The van der Waals surface area contributed by atoms with E-state index < -0.39 is 28.7 Å². The number of halogens is 3. The average molecular weight is 462 g/mol. The first-order valence-corrected chi connectivity index (χ1v) is 10.8. The van der Waals surface area contributed by atoms with Crippen LogP contribution in [0.5, 0.6) is 5.75 Å². The van der Waals surface area contributed by atoms with Crippen molar-refractivity contribution in [2.45, 2.75) is 37.0 Å². The fraction of sp³-hybridized carbons (Fsp3) is 0.417. The molecule has 2 fully saturated rings. The topological polar surface area (TPSA) is 89.9 Å². The molecule has 2 saturated heterocycles. The minimum absolute atomic E-state index is 0.0402. The average Bonchev–Trinajstić information content (AvgIpc) is 2.79. The molecule has 2 aromatic carbocycles. The molecule has 0 saturated carbocycles. The molecule has 0 aromatic heterocycles. The van der Waals surface area contributed by atoms with Crippen LogP contribution in [0.15, 0.2) is 54.6 Å². The van der Waals surface area contributed by atoms with Crippen LogP contribution in [0.1, 0.15) is 36.3 Å². The van der Waals surface area contributed by atoms with Crippen LogP contribution in [0.2, 0.25) is 0 Å². The molecule has 1 spiro atoms. The number of nitrogens with one attached hydrogen (secondary N) is 1. The van der Waals surface area contributed by atoms with Crippen molar-refractivity contribution < 1.29 is 33.0 Å². The van der Waals surface area contributed by atoms with Gasteiger partial charge in [-0.2, -0.15) is 13.2 Å². The van der Waals surface area contributed by atoms with Crippen LogP contribution >= 0.6 is 0 Å². The molecule has 3 N–H and O–H groups in total. The SMILES string of the molecule is O=C1CC2(CCN(C(=O)[C@](O)(c3ccccc3)C(F)(F)F)CC2)C(c2ccccc2O)CN1. The summed E-state index contributed by atoms with van der Waals surface area (Å²) < 4.78 is 41.8. The van der Waals surface area contributed by atoms with Crippen LogP contribution < -0.4 is 5.32 Å². The zero-order chi connectivity index (χ0) is 23.9. The maximum atomic E-state index is 13.9. The number of piperidine rings is 2. The third-order valence-corrected chi connectivity index (χ3v) is 7.03. The Morgan fingerprint density at radius 2 is 1.64 bits per heavy atom. The maximum Gasteiger partial charge on any atom is 0.430 e. The summed E-state index contributed by atoms with van der Waals surface area (Å²) in [5.74, 6) is -1.75. The Bertz CT molecular complexity index is 1040. The number of aromatic hydroxyl groups is 1. The molecular formula is C24H25F3N2O4. The summed E-state index contributed by atoms with van der Waals surface area (Å²) in [5, 5.41) is 23.8. The van der Waals surface area contributed by atoms with Crippen LogP contribution in [0, 0.1) is 5.41 Å². The second-order valence-corrected chi connectivity index (χ2v) is 8.82. The highest BCUT2D eigenvalue weighted by atomic mass is 19.4. The van der Waals surface area contributed by atoms with Gasteiger partial charge in [0.1, 0.15) is 5.75 Å². The summed E-state index contributed by atoms with van der Waals surface area (Å²) in [6, 6.07) is 13.1. The van der Waals surface area contributed by atoms with Crippen molar-refractivity contribution in [1.82, 2.24) is 10.2 Å². The lowest BCUT2D eigenvalue weighted by molar-refractivity contribution is -0.262. The van der Waals surface area contributed by atoms with Gasteiger partial charge in [-0.15, -0.1) is 0 Å². The molecule has 4 rings (SSSR count). The zero-order valence-electron chi connectivity index (χ0n) is 17.8. The third kappa shape index (κ3) is 3.94. The Balaban J connectivity index is 1.61. The van der Waals surface area contributed by atoms with Gasteiger partial charge in [0.25, 0.3) is 11.5 Å². The van der Waals surface area contributed by atoms with Crippen molar-refractivity contribution in [3.05, 3.63) is 65.7 Å². The molecule has 2 aliphatic heterocycles. The van der Waals surface area contributed by atoms with E-state index >= 15 is 0 Å².